The normalized spacial score (nSPS) is 14.5. The third-order valence-electron chi connectivity index (χ3n) is 4.76. The van der Waals surface area contributed by atoms with Crippen molar-refractivity contribution < 1.29 is 153 Å². The number of allylic oxidation sites excluding steroid dienone is 2. The number of hydrazone groups is 1. The van der Waals surface area contributed by atoms with E-state index in [1.54, 1.807) is 0 Å². The molecule has 0 saturated carbocycles. The number of nitrogens with one attached hydrogen (secondary N) is 1. The Morgan fingerprint density at radius 3 is 2.02 bits per heavy atom. The fourth-order valence-electron chi connectivity index (χ4n) is 3.18. The summed E-state index contributed by atoms with van der Waals surface area (Å²) < 4.78 is 72.0. The van der Waals surface area contributed by atoms with Gasteiger partial charge >= 0.3 is 115 Å². The van der Waals surface area contributed by atoms with E-state index in [1.165, 1.54) is 19.9 Å². The van der Waals surface area contributed by atoms with E-state index >= 15 is 0 Å². The van der Waals surface area contributed by atoms with Gasteiger partial charge in [-0.05, 0) is 26.0 Å². The van der Waals surface area contributed by atoms with Gasteiger partial charge in [0, 0.05) is 13.1 Å². The predicted molar refractivity (Wildman–Crippen MR) is 135 cm³/mol. The molecule has 1 amide bonds. The summed E-state index contributed by atoms with van der Waals surface area (Å²) >= 11 is 0. The van der Waals surface area contributed by atoms with Crippen molar-refractivity contribution in [3.8, 4) is 0 Å². The van der Waals surface area contributed by atoms with Crippen LogP contribution in [0.3, 0.4) is 0 Å². The molecular formula is C21H26K2N4O12S2. The molecule has 0 aromatic carbocycles. The second-order valence-corrected chi connectivity index (χ2v) is 10.3. The van der Waals surface area contributed by atoms with Gasteiger partial charge < -0.3 is 18.6 Å². The number of nitrogens with zero attached hydrogens (tertiary/aromatic N) is 3. The molecule has 3 N–H and O–H groups in total. The van der Waals surface area contributed by atoms with E-state index in [-0.39, 0.29) is 159 Å². The fraction of sp³-hybridized carbons (Fsp3) is 0.381. The second kappa shape index (κ2) is 18.5. The Kier molecular flexibility index (Phi) is 18.3. The Balaban J connectivity index is 0.00000800. The van der Waals surface area contributed by atoms with E-state index in [0.29, 0.717) is 11.5 Å². The van der Waals surface area contributed by atoms with Gasteiger partial charge in [-0.3, -0.25) is 19.4 Å². The zero-order chi connectivity index (χ0) is 29.4. The number of hydrogen-bond donors (Lipinski definition) is 3. The summed E-state index contributed by atoms with van der Waals surface area (Å²) in [7, 11) is -8.80. The largest absolute Gasteiger partial charge is 1.00 e. The quantitative estimate of drug-likeness (QED) is 0.0553. The molecule has 1 aliphatic heterocycles. The first kappa shape index (κ1) is 40.7. The number of carbonyl (C=O) groups is 3. The number of esters is 2. The van der Waals surface area contributed by atoms with Crippen molar-refractivity contribution in [2.45, 2.75) is 33.2 Å². The van der Waals surface area contributed by atoms with Crippen LogP contribution >= 0.6 is 0 Å². The first-order valence-corrected chi connectivity index (χ1v) is 14.3. The van der Waals surface area contributed by atoms with E-state index in [4.69, 9.17) is 18.6 Å². The number of ether oxygens (including phenoxy) is 2. The third-order valence-corrected chi connectivity index (χ3v) is 6.07. The van der Waals surface area contributed by atoms with Crippen molar-refractivity contribution in [2.75, 3.05) is 19.8 Å². The Morgan fingerprint density at radius 2 is 1.49 bits per heavy atom. The molecule has 0 unspecified atom stereocenters. The standard InChI is InChI=1S/C21H26N4O12S2.2K/c1-3-36-20(28)16-14(18(26)24(22-16)10-6-12-38(30,31)32)8-5-9-15-17(21(29)37-4-2)23-25(19(15)27)11-7-13-39(33,34)35;;/h5,8-9,12-13,22H,3-4,6-7,10-11H2,1-2H3,(H,30,31,32)(H,33,34,35);;/q-2;2*+1/b8-5+,15-9-;;. The van der Waals surface area contributed by atoms with Crippen LogP contribution in [-0.4, -0.2) is 84.0 Å². The molecule has 216 valence electrons. The summed E-state index contributed by atoms with van der Waals surface area (Å²) in [5.41, 5.74) is -1.89. The van der Waals surface area contributed by atoms with Crippen LogP contribution in [0.25, 0.3) is 6.08 Å². The zero-order valence-corrected chi connectivity index (χ0v) is 30.6. The summed E-state index contributed by atoms with van der Waals surface area (Å²) in [4.78, 5) is 50.3. The van der Waals surface area contributed by atoms with E-state index in [2.05, 4.69) is 10.2 Å². The first-order valence-electron chi connectivity index (χ1n) is 11.3. The van der Waals surface area contributed by atoms with Crippen LogP contribution in [0.15, 0.2) is 27.6 Å². The van der Waals surface area contributed by atoms with Crippen molar-refractivity contribution in [1.29, 1.82) is 0 Å². The molecule has 0 aliphatic carbocycles. The van der Waals surface area contributed by atoms with Crippen LogP contribution in [0.2, 0.25) is 0 Å². The fourth-order valence-corrected chi connectivity index (χ4v) is 3.98. The molecule has 0 atom stereocenters. The van der Waals surface area contributed by atoms with Crippen molar-refractivity contribution in [2.24, 2.45) is 5.10 Å². The van der Waals surface area contributed by atoms with E-state index < -0.39 is 49.4 Å². The van der Waals surface area contributed by atoms with Crippen LogP contribution in [-0.2, 0) is 45.8 Å². The van der Waals surface area contributed by atoms with Crippen molar-refractivity contribution in [3.05, 3.63) is 50.8 Å². The van der Waals surface area contributed by atoms with Gasteiger partial charge in [0.1, 0.15) is 20.2 Å². The van der Waals surface area contributed by atoms with E-state index in [9.17, 15) is 36.0 Å². The topological polar surface area (TPSA) is 232 Å². The maximum Gasteiger partial charge on any atom is 1.00 e. The number of aromatic nitrogens is 2. The molecule has 0 bridgehead atoms. The molecule has 41 heavy (non-hydrogen) atoms. The summed E-state index contributed by atoms with van der Waals surface area (Å²) in [6.45, 7) is 2.47. The first-order chi connectivity index (χ1) is 18.2. The second-order valence-electron chi connectivity index (χ2n) is 7.56. The number of H-pyrrole nitrogens is 1. The Bertz CT molecular complexity index is 1480. The van der Waals surface area contributed by atoms with Crippen molar-refractivity contribution in [1.82, 2.24) is 14.8 Å². The molecule has 1 aliphatic rings. The van der Waals surface area contributed by atoms with Crippen LogP contribution in [0.1, 0.15) is 42.7 Å². The summed E-state index contributed by atoms with van der Waals surface area (Å²) in [5, 5.41) is 7.18. The summed E-state index contributed by atoms with van der Waals surface area (Å²) in [5.74, 6) is -1.51. The predicted octanol–water partition coefficient (Wildman–Crippen LogP) is -6.06. The molecule has 2 rings (SSSR count). The molecule has 1 aromatic heterocycles. The number of carbonyl (C=O) groups excluding carboxylic acids is 3. The maximum atomic E-state index is 12.8. The third kappa shape index (κ3) is 13.0. The molecule has 0 radical (unpaired) electrons. The molecule has 1 aromatic rings. The van der Waals surface area contributed by atoms with Gasteiger partial charge in [-0.25, -0.2) is 31.4 Å². The molecule has 0 spiro atoms. The number of aromatic amines is 1. The SMILES string of the molecule is CCOC(=O)C1=NN(CC[CH-]S(=O)(=O)O)C(=O)/C1=C\C=C\c1c(C(=O)OCC)[nH]n(CC[CH-]S(=O)(=O)O)c1=O.[K+].[K+]. The van der Waals surface area contributed by atoms with Crippen molar-refractivity contribution in [3.63, 3.8) is 0 Å². The van der Waals surface area contributed by atoms with Gasteiger partial charge in [0.25, 0.3) is 11.5 Å². The smallest absolute Gasteiger partial charge is 0.461 e. The van der Waals surface area contributed by atoms with Crippen molar-refractivity contribution >= 4 is 49.9 Å². The monoisotopic (exact) mass is 668 g/mol. The minimum absolute atomic E-state index is 0. The molecule has 16 nitrogen and oxygen atoms in total. The Labute approximate surface area is 321 Å². The number of hydrogen-bond acceptors (Lipinski definition) is 11. The minimum atomic E-state index is -4.41. The van der Waals surface area contributed by atoms with E-state index in [0.717, 1.165) is 21.8 Å². The van der Waals surface area contributed by atoms with Gasteiger partial charge in [0.15, 0.2) is 11.4 Å². The molecule has 2 heterocycles. The number of rotatable bonds is 14. The number of aryl methyl sites for hydroxylation is 1. The summed E-state index contributed by atoms with van der Waals surface area (Å²) in [6, 6.07) is 0. The average Bonchev–Trinajstić information content (AvgIpc) is 3.30. The summed E-state index contributed by atoms with van der Waals surface area (Å²) in [6.07, 6.45) is 2.88. The Hall–Kier alpha value is -0.337. The van der Waals surface area contributed by atoms with Crippen LogP contribution in [0, 0.1) is 11.5 Å². The maximum absolute atomic E-state index is 12.8. The molecular weight excluding hydrogens is 643 g/mol. The Morgan fingerprint density at radius 1 is 0.951 bits per heavy atom. The van der Waals surface area contributed by atoms with Crippen LogP contribution in [0.4, 0.5) is 0 Å². The molecule has 20 heteroatoms. The van der Waals surface area contributed by atoms with Crippen LogP contribution < -0.4 is 108 Å². The van der Waals surface area contributed by atoms with Gasteiger partial charge in [0.2, 0.25) is 0 Å². The van der Waals surface area contributed by atoms with E-state index in [1.807, 2.05) is 0 Å². The van der Waals surface area contributed by atoms with Gasteiger partial charge in [-0.1, -0.05) is 6.08 Å². The molecule has 0 fully saturated rings. The molecule has 0 saturated heterocycles. The van der Waals surface area contributed by atoms with Gasteiger partial charge in [-0.15, -0.1) is 12.8 Å². The zero-order valence-electron chi connectivity index (χ0n) is 22.8. The minimum Gasteiger partial charge on any atom is -0.461 e. The average molecular weight is 669 g/mol. The van der Waals surface area contributed by atoms with Crippen LogP contribution in [0.5, 0.6) is 0 Å². The van der Waals surface area contributed by atoms with Gasteiger partial charge in [-0.2, -0.15) is 16.6 Å². The number of amides is 1. The van der Waals surface area contributed by atoms with Gasteiger partial charge in [0.05, 0.1) is 24.4 Å².